The van der Waals surface area contributed by atoms with Gasteiger partial charge in [0.25, 0.3) is 0 Å². The second-order valence-electron chi connectivity index (χ2n) is 10.3. The van der Waals surface area contributed by atoms with Crippen LogP contribution in [0, 0.1) is 17.3 Å². The number of ether oxygens (including phenoxy) is 1. The molecule has 5 atom stereocenters. The zero-order valence-electron chi connectivity index (χ0n) is 19.0. The van der Waals surface area contributed by atoms with Gasteiger partial charge in [-0.3, -0.25) is 9.69 Å². The van der Waals surface area contributed by atoms with Gasteiger partial charge in [0.15, 0.2) is 0 Å². The Kier molecular flexibility index (Phi) is 5.84. The van der Waals surface area contributed by atoms with Gasteiger partial charge in [0, 0.05) is 19.0 Å². The van der Waals surface area contributed by atoms with E-state index < -0.39 is 5.60 Å². The fourth-order valence-electron chi connectivity index (χ4n) is 6.23. The van der Waals surface area contributed by atoms with E-state index in [-0.39, 0.29) is 29.3 Å². The molecule has 4 rings (SSSR count). The van der Waals surface area contributed by atoms with Crippen LogP contribution in [0.5, 0.6) is 0 Å². The van der Waals surface area contributed by atoms with Crippen molar-refractivity contribution >= 4 is 5.97 Å². The van der Waals surface area contributed by atoms with E-state index >= 15 is 0 Å². The van der Waals surface area contributed by atoms with E-state index in [1.165, 1.54) is 19.3 Å². The number of esters is 1. The molecule has 0 spiro atoms. The van der Waals surface area contributed by atoms with Crippen molar-refractivity contribution in [2.45, 2.75) is 71.5 Å². The molecule has 4 heteroatoms. The first-order valence-electron chi connectivity index (χ1n) is 11.6. The molecule has 1 N–H and O–H groups in total. The summed E-state index contributed by atoms with van der Waals surface area (Å²) in [5, 5.41) is 11.1. The summed E-state index contributed by atoms with van der Waals surface area (Å²) < 4.78 is 5.94. The maximum atomic E-state index is 12.9. The van der Waals surface area contributed by atoms with Crippen molar-refractivity contribution in [2.24, 2.45) is 17.3 Å². The van der Waals surface area contributed by atoms with E-state index in [1.807, 2.05) is 37.3 Å². The number of fused-ring (bicyclic) bond motifs is 2. The van der Waals surface area contributed by atoms with Crippen LogP contribution in [0.1, 0.15) is 65.4 Å². The normalized spacial score (nSPS) is 33.1. The fourth-order valence-corrected chi connectivity index (χ4v) is 6.23. The second-order valence-corrected chi connectivity index (χ2v) is 10.3. The number of nitrogens with zero attached hydrogens (tertiary/aromatic N) is 1. The van der Waals surface area contributed by atoms with E-state index in [0.29, 0.717) is 13.1 Å². The third-order valence-electron chi connectivity index (χ3n) is 8.01. The second kappa shape index (κ2) is 8.12. The topological polar surface area (TPSA) is 49.8 Å². The summed E-state index contributed by atoms with van der Waals surface area (Å²) in [6.07, 6.45) is 5.68. The van der Waals surface area contributed by atoms with E-state index in [2.05, 4.69) is 25.7 Å². The Bertz CT molecular complexity index is 815. The lowest BCUT2D eigenvalue weighted by Crippen LogP contribution is -2.44. The van der Waals surface area contributed by atoms with Crippen LogP contribution >= 0.6 is 0 Å². The highest BCUT2D eigenvalue weighted by molar-refractivity contribution is 5.76. The highest BCUT2D eigenvalue weighted by atomic mass is 16.6. The number of allylic oxidation sites excluding steroid dienone is 2. The van der Waals surface area contributed by atoms with Crippen molar-refractivity contribution in [3.63, 3.8) is 0 Å². The minimum atomic E-state index is -0.952. The van der Waals surface area contributed by atoms with Gasteiger partial charge >= 0.3 is 5.97 Å². The van der Waals surface area contributed by atoms with Gasteiger partial charge in [-0.25, -0.2) is 0 Å². The monoisotopic (exact) mass is 411 g/mol. The smallest absolute Gasteiger partial charge is 0.310 e. The van der Waals surface area contributed by atoms with Crippen molar-refractivity contribution in [3.05, 3.63) is 47.0 Å². The molecule has 2 aliphatic carbocycles. The molecular weight excluding hydrogens is 374 g/mol. The summed E-state index contributed by atoms with van der Waals surface area (Å²) in [7, 11) is 0. The number of carbonyl (C=O) groups excluding carboxylic acids is 1. The third-order valence-corrected chi connectivity index (χ3v) is 8.01. The number of likely N-dealkylation sites (N-methyl/N-ethyl adjacent to an activating group) is 1. The number of hydrogen-bond acceptors (Lipinski definition) is 4. The summed E-state index contributed by atoms with van der Waals surface area (Å²) in [4.78, 5) is 15.1. The maximum absolute atomic E-state index is 12.9. The zero-order valence-corrected chi connectivity index (χ0v) is 19.0. The van der Waals surface area contributed by atoms with Crippen LogP contribution in [0.15, 0.2) is 41.5 Å². The van der Waals surface area contributed by atoms with Crippen molar-refractivity contribution in [2.75, 3.05) is 19.6 Å². The Hall–Kier alpha value is -1.65. The van der Waals surface area contributed by atoms with Crippen LogP contribution in [0.2, 0.25) is 0 Å². The van der Waals surface area contributed by atoms with Crippen LogP contribution in [-0.2, 0) is 15.1 Å². The molecule has 30 heavy (non-hydrogen) atoms. The molecular formula is C26H37NO3. The Labute approximate surface area is 181 Å². The quantitative estimate of drug-likeness (QED) is 0.546. The molecule has 0 aromatic heterocycles. The van der Waals surface area contributed by atoms with Gasteiger partial charge in [-0.15, -0.1) is 0 Å². The molecule has 1 aromatic carbocycles. The lowest BCUT2D eigenvalue weighted by Gasteiger charge is -2.46. The first kappa shape index (κ1) is 21.6. The van der Waals surface area contributed by atoms with Gasteiger partial charge in [0.2, 0.25) is 0 Å². The Balaban J connectivity index is 1.50. The first-order valence-corrected chi connectivity index (χ1v) is 11.6. The summed E-state index contributed by atoms with van der Waals surface area (Å²) in [6, 6.07) is 9.81. The van der Waals surface area contributed by atoms with Gasteiger partial charge in [0.05, 0.1) is 11.5 Å². The largest absolute Gasteiger partial charge is 0.462 e. The zero-order chi connectivity index (χ0) is 21.5. The molecule has 2 fully saturated rings. The van der Waals surface area contributed by atoms with Gasteiger partial charge in [0.1, 0.15) is 6.10 Å². The Morgan fingerprint density at radius 1 is 1.30 bits per heavy atom. The highest BCUT2D eigenvalue weighted by Gasteiger charge is 2.53. The minimum Gasteiger partial charge on any atom is -0.462 e. The molecule has 0 radical (unpaired) electrons. The third kappa shape index (κ3) is 3.97. The number of benzene rings is 1. The van der Waals surface area contributed by atoms with Crippen LogP contribution in [0.3, 0.4) is 0 Å². The average Bonchev–Trinajstić information content (AvgIpc) is 3.00. The summed E-state index contributed by atoms with van der Waals surface area (Å²) in [6.45, 7) is 10.6. The number of aliphatic hydroxyl groups is 1. The van der Waals surface area contributed by atoms with Crippen LogP contribution in [0.25, 0.3) is 0 Å². The first-order chi connectivity index (χ1) is 14.2. The fraction of sp³-hybridized carbons (Fsp3) is 0.654. The molecule has 1 aliphatic heterocycles. The lowest BCUT2D eigenvalue weighted by atomic mass is 9.59. The summed E-state index contributed by atoms with van der Waals surface area (Å²) in [5.41, 5.74) is 3.30. The molecule has 1 saturated carbocycles. The molecule has 3 aliphatic rings. The van der Waals surface area contributed by atoms with Crippen molar-refractivity contribution in [1.29, 1.82) is 0 Å². The molecule has 164 valence electrons. The van der Waals surface area contributed by atoms with Crippen molar-refractivity contribution in [1.82, 2.24) is 4.90 Å². The van der Waals surface area contributed by atoms with Gasteiger partial charge in [-0.2, -0.15) is 0 Å². The number of rotatable bonds is 6. The van der Waals surface area contributed by atoms with Gasteiger partial charge in [-0.05, 0) is 63.5 Å². The molecule has 4 nitrogen and oxygen atoms in total. The summed E-state index contributed by atoms with van der Waals surface area (Å²) in [5.74, 6) is 0.126. The summed E-state index contributed by atoms with van der Waals surface area (Å²) >= 11 is 0. The van der Waals surface area contributed by atoms with E-state index in [0.717, 1.165) is 24.9 Å². The van der Waals surface area contributed by atoms with E-state index in [9.17, 15) is 9.90 Å². The van der Waals surface area contributed by atoms with Crippen LogP contribution in [-0.4, -0.2) is 41.7 Å². The molecule has 0 amide bonds. The van der Waals surface area contributed by atoms with E-state index in [1.54, 1.807) is 11.1 Å². The lowest BCUT2D eigenvalue weighted by molar-refractivity contribution is -0.145. The molecule has 0 unspecified atom stereocenters. The molecule has 1 heterocycles. The maximum Gasteiger partial charge on any atom is 0.310 e. The van der Waals surface area contributed by atoms with Gasteiger partial charge in [-0.1, -0.05) is 55.3 Å². The molecule has 0 bridgehead atoms. The minimum absolute atomic E-state index is 0.0386. The number of hydrogen-bond donors (Lipinski definition) is 1. The Morgan fingerprint density at radius 3 is 2.73 bits per heavy atom. The van der Waals surface area contributed by atoms with Crippen LogP contribution < -0.4 is 0 Å². The Morgan fingerprint density at radius 2 is 2.03 bits per heavy atom. The average molecular weight is 412 g/mol. The standard InChI is InChI=1S/C26H37NO3/c1-5-27(17-26(4,29)19-11-7-6-8-12-19)16-21-20-14-22-18(2)10-9-13-25(22,3)15-23(20)30-24(21)28/h6-8,11-12,20-21,23,29H,5,9-10,13-17H2,1-4H3/t20-,21-,23+,25+,26+/m0/s1. The van der Waals surface area contributed by atoms with Gasteiger partial charge < -0.3 is 9.84 Å². The highest BCUT2D eigenvalue weighted by Crippen LogP contribution is 2.55. The molecule has 1 saturated heterocycles. The predicted molar refractivity (Wildman–Crippen MR) is 119 cm³/mol. The van der Waals surface area contributed by atoms with Crippen LogP contribution in [0.4, 0.5) is 0 Å². The van der Waals surface area contributed by atoms with Crippen molar-refractivity contribution < 1.29 is 14.6 Å². The predicted octanol–water partition coefficient (Wildman–Crippen LogP) is 4.67. The van der Waals surface area contributed by atoms with E-state index in [4.69, 9.17) is 4.74 Å². The molecule has 1 aromatic rings. The SMILES string of the molecule is CCN(C[C@@H]1C(=O)O[C@@H]2C[C@@]3(C)CCCC(C)=C3C[C@@H]12)C[C@@](C)(O)c1ccccc1. The number of carbonyl (C=O) groups is 1. The van der Waals surface area contributed by atoms with Crippen molar-refractivity contribution in [3.8, 4) is 0 Å².